The summed E-state index contributed by atoms with van der Waals surface area (Å²) in [6, 6.07) is 7.69. The van der Waals surface area contributed by atoms with Crippen molar-refractivity contribution in [2.24, 2.45) is 5.73 Å². The number of nitrogens with one attached hydrogen (secondary N) is 1. The predicted octanol–water partition coefficient (Wildman–Crippen LogP) is 2.99. The Kier molecular flexibility index (Phi) is 6.12. The molecule has 1 aliphatic rings. The second kappa shape index (κ2) is 7.88. The van der Waals surface area contributed by atoms with E-state index in [2.05, 4.69) is 10.3 Å². The van der Waals surface area contributed by atoms with Crippen molar-refractivity contribution < 1.29 is 9.53 Å². The highest BCUT2D eigenvalue weighted by Crippen LogP contribution is 2.24. The zero-order valence-corrected chi connectivity index (χ0v) is 14.5. The standard InChI is InChI=1S/C16H19N3O2S.ClH/c1-10-18-14(9-22-10)11-2-4-12(5-3-11)19-16(20)15-7-6-13(8-17)21-15;/h2-5,9,13,15H,6-8,17H2,1H3,(H,19,20);1H/t13-,15+;/m1./s1. The van der Waals surface area contributed by atoms with Gasteiger partial charge >= 0.3 is 0 Å². The summed E-state index contributed by atoms with van der Waals surface area (Å²) in [7, 11) is 0. The number of aromatic nitrogens is 1. The average molecular weight is 354 g/mol. The number of carbonyl (C=O) groups excluding carboxylic acids is 1. The van der Waals surface area contributed by atoms with Crippen LogP contribution in [0.1, 0.15) is 17.8 Å². The van der Waals surface area contributed by atoms with E-state index in [0.717, 1.165) is 34.8 Å². The number of aryl methyl sites for hydroxylation is 1. The molecular formula is C16H20ClN3O2S. The summed E-state index contributed by atoms with van der Waals surface area (Å²) in [5.41, 5.74) is 8.33. The lowest BCUT2D eigenvalue weighted by Gasteiger charge is -2.12. The highest BCUT2D eigenvalue weighted by atomic mass is 35.5. The minimum absolute atomic E-state index is 0. The number of benzene rings is 1. The Morgan fingerprint density at radius 2 is 2.13 bits per heavy atom. The van der Waals surface area contributed by atoms with Crippen molar-refractivity contribution in [2.75, 3.05) is 11.9 Å². The number of hydrogen-bond donors (Lipinski definition) is 2. The molecule has 0 radical (unpaired) electrons. The maximum Gasteiger partial charge on any atom is 0.253 e. The largest absolute Gasteiger partial charge is 0.364 e. The summed E-state index contributed by atoms with van der Waals surface area (Å²) >= 11 is 1.63. The Labute approximate surface area is 145 Å². The number of ether oxygens (including phenoxy) is 1. The Balaban J connectivity index is 0.00000192. The smallest absolute Gasteiger partial charge is 0.253 e. The molecule has 1 aromatic heterocycles. The lowest BCUT2D eigenvalue weighted by atomic mass is 10.1. The van der Waals surface area contributed by atoms with Crippen molar-refractivity contribution in [3.63, 3.8) is 0 Å². The minimum atomic E-state index is -0.394. The monoisotopic (exact) mass is 353 g/mol. The van der Waals surface area contributed by atoms with Gasteiger partial charge in [0.2, 0.25) is 0 Å². The molecule has 1 fully saturated rings. The molecule has 2 atom stereocenters. The molecule has 2 heterocycles. The summed E-state index contributed by atoms with van der Waals surface area (Å²) < 4.78 is 5.59. The van der Waals surface area contributed by atoms with Crippen LogP contribution in [0, 0.1) is 6.92 Å². The van der Waals surface area contributed by atoms with Crippen LogP contribution in [0.25, 0.3) is 11.3 Å². The van der Waals surface area contributed by atoms with Crippen LogP contribution in [0.2, 0.25) is 0 Å². The Morgan fingerprint density at radius 1 is 1.39 bits per heavy atom. The van der Waals surface area contributed by atoms with Gasteiger partial charge in [-0.25, -0.2) is 4.98 Å². The molecule has 1 aliphatic heterocycles. The van der Waals surface area contributed by atoms with Gasteiger partial charge in [0.1, 0.15) is 6.10 Å². The van der Waals surface area contributed by atoms with Crippen LogP contribution in [0.15, 0.2) is 29.6 Å². The molecule has 7 heteroatoms. The van der Waals surface area contributed by atoms with Crippen LogP contribution < -0.4 is 11.1 Å². The first kappa shape index (κ1) is 17.9. The summed E-state index contributed by atoms with van der Waals surface area (Å²) in [5.74, 6) is -0.104. The minimum Gasteiger partial charge on any atom is -0.364 e. The molecule has 0 saturated carbocycles. The molecule has 0 aliphatic carbocycles. The van der Waals surface area contributed by atoms with Crippen LogP contribution in [-0.4, -0.2) is 29.6 Å². The number of amides is 1. The molecule has 0 bridgehead atoms. The van der Waals surface area contributed by atoms with Gasteiger partial charge in [-0.05, 0) is 31.9 Å². The molecule has 3 rings (SSSR count). The summed E-state index contributed by atoms with van der Waals surface area (Å²) in [6.07, 6.45) is 1.18. The number of carbonyl (C=O) groups is 1. The molecule has 23 heavy (non-hydrogen) atoms. The van der Waals surface area contributed by atoms with Crippen LogP contribution in [0.5, 0.6) is 0 Å². The lowest BCUT2D eigenvalue weighted by molar-refractivity contribution is -0.126. The lowest BCUT2D eigenvalue weighted by Crippen LogP contribution is -2.29. The average Bonchev–Trinajstić information content (AvgIpc) is 3.17. The second-order valence-electron chi connectivity index (χ2n) is 5.38. The molecular weight excluding hydrogens is 334 g/mol. The van der Waals surface area contributed by atoms with Crippen LogP contribution in [-0.2, 0) is 9.53 Å². The van der Waals surface area contributed by atoms with Gasteiger partial charge in [-0.2, -0.15) is 0 Å². The van der Waals surface area contributed by atoms with E-state index < -0.39 is 6.10 Å². The third-order valence-electron chi connectivity index (χ3n) is 3.73. The van der Waals surface area contributed by atoms with E-state index >= 15 is 0 Å². The van der Waals surface area contributed by atoms with Crippen LogP contribution in [0.3, 0.4) is 0 Å². The number of nitrogens with zero attached hydrogens (tertiary/aromatic N) is 1. The maximum absolute atomic E-state index is 12.1. The van der Waals surface area contributed by atoms with E-state index in [0.29, 0.717) is 6.54 Å². The number of rotatable bonds is 4. The quantitative estimate of drug-likeness (QED) is 0.885. The van der Waals surface area contributed by atoms with E-state index in [1.165, 1.54) is 0 Å². The zero-order chi connectivity index (χ0) is 15.5. The van der Waals surface area contributed by atoms with Gasteiger partial charge in [0, 0.05) is 23.2 Å². The number of anilines is 1. The van der Waals surface area contributed by atoms with Gasteiger partial charge in [0.15, 0.2) is 0 Å². The highest BCUT2D eigenvalue weighted by Gasteiger charge is 2.29. The van der Waals surface area contributed by atoms with E-state index in [4.69, 9.17) is 10.5 Å². The summed E-state index contributed by atoms with van der Waals surface area (Å²) in [4.78, 5) is 16.6. The maximum atomic E-state index is 12.1. The highest BCUT2D eigenvalue weighted by molar-refractivity contribution is 7.09. The van der Waals surface area contributed by atoms with Crippen molar-refractivity contribution in [2.45, 2.75) is 32.0 Å². The number of thiazole rings is 1. The Bertz CT molecular complexity index is 660. The molecule has 1 amide bonds. The first-order valence-electron chi connectivity index (χ1n) is 7.34. The molecule has 5 nitrogen and oxygen atoms in total. The number of hydrogen-bond acceptors (Lipinski definition) is 5. The molecule has 1 aromatic carbocycles. The number of nitrogens with two attached hydrogens (primary N) is 1. The molecule has 3 N–H and O–H groups in total. The number of halogens is 1. The van der Waals surface area contributed by atoms with Crippen molar-refractivity contribution >= 4 is 35.3 Å². The third-order valence-corrected chi connectivity index (χ3v) is 4.50. The fraction of sp³-hybridized carbons (Fsp3) is 0.375. The molecule has 0 unspecified atom stereocenters. The van der Waals surface area contributed by atoms with Crippen molar-refractivity contribution in [1.29, 1.82) is 0 Å². The fourth-order valence-corrected chi connectivity index (χ4v) is 3.14. The summed E-state index contributed by atoms with van der Waals surface area (Å²) in [5, 5.41) is 5.96. The van der Waals surface area contributed by atoms with E-state index in [1.54, 1.807) is 11.3 Å². The van der Waals surface area contributed by atoms with E-state index in [-0.39, 0.29) is 24.4 Å². The van der Waals surface area contributed by atoms with E-state index in [1.807, 2.05) is 36.6 Å². The van der Waals surface area contributed by atoms with Crippen LogP contribution in [0.4, 0.5) is 5.69 Å². The van der Waals surface area contributed by atoms with Gasteiger partial charge in [0.05, 0.1) is 16.8 Å². The SMILES string of the molecule is Cc1nc(-c2ccc(NC(=O)[C@@H]3CC[C@H](CN)O3)cc2)cs1.Cl. The van der Waals surface area contributed by atoms with Gasteiger partial charge < -0.3 is 15.8 Å². The summed E-state index contributed by atoms with van der Waals surface area (Å²) in [6.45, 7) is 2.45. The second-order valence-corrected chi connectivity index (χ2v) is 6.44. The molecule has 1 saturated heterocycles. The zero-order valence-electron chi connectivity index (χ0n) is 12.8. The molecule has 0 spiro atoms. The van der Waals surface area contributed by atoms with Crippen molar-refractivity contribution in [3.05, 3.63) is 34.7 Å². The van der Waals surface area contributed by atoms with Gasteiger partial charge in [-0.1, -0.05) is 12.1 Å². The van der Waals surface area contributed by atoms with Gasteiger partial charge in [0.25, 0.3) is 5.91 Å². The third kappa shape index (κ3) is 4.29. The molecule has 124 valence electrons. The Morgan fingerprint density at radius 3 is 2.70 bits per heavy atom. The normalized spacial score (nSPS) is 20.1. The van der Waals surface area contributed by atoms with Gasteiger partial charge in [-0.15, -0.1) is 23.7 Å². The van der Waals surface area contributed by atoms with Crippen molar-refractivity contribution in [3.8, 4) is 11.3 Å². The Hall–Kier alpha value is -1.47. The van der Waals surface area contributed by atoms with E-state index in [9.17, 15) is 4.79 Å². The fourth-order valence-electron chi connectivity index (χ4n) is 2.52. The molecule has 2 aromatic rings. The van der Waals surface area contributed by atoms with Crippen molar-refractivity contribution in [1.82, 2.24) is 4.98 Å². The van der Waals surface area contributed by atoms with Crippen LogP contribution >= 0.6 is 23.7 Å². The first-order valence-corrected chi connectivity index (χ1v) is 8.22. The van der Waals surface area contributed by atoms with Gasteiger partial charge in [-0.3, -0.25) is 4.79 Å². The topological polar surface area (TPSA) is 77.2 Å². The first-order chi connectivity index (χ1) is 10.7. The predicted molar refractivity (Wildman–Crippen MR) is 95.1 cm³/mol.